The molecule has 4 aromatic rings. The summed E-state index contributed by atoms with van der Waals surface area (Å²) in [5.41, 5.74) is 3.52. The molecule has 0 radical (unpaired) electrons. The molecule has 5 heterocycles. The molecule has 4 fully saturated rings. The van der Waals surface area contributed by atoms with Crippen molar-refractivity contribution in [1.29, 1.82) is 5.26 Å². The Bertz CT molecular complexity index is 2250. The van der Waals surface area contributed by atoms with Crippen LogP contribution >= 0.6 is 32.9 Å². The molecule has 0 spiro atoms. The molecule has 1 amide bonds. The van der Waals surface area contributed by atoms with Gasteiger partial charge in [-0.3, -0.25) is 9.69 Å². The van der Waals surface area contributed by atoms with Gasteiger partial charge in [0.05, 0.1) is 34.1 Å². The Morgan fingerprint density at radius 1 is 1.21 bits per heavy atom. The lowest BCUT2D eigenvalue weighted by Gasteiger charge is -2.39. The first-order chi connectivity index (χ1) is 24.8. The minimum atomic E-state index is -0.636. The summed E-state index contributed by atoms with van der Waals surface area (Å²) in [7, 11) is 2.07. The maximum Gasteiger partial charge on any atom is 0.410 e. The lowest BCUT2D eigenvalue weighted by atomic mass is 9.78. The van der Waals surface area contributed by atoms with Gasteiger partial charge in [0.2, 0.25) is 11.3 Å². The van der Waals surface area contributed by atoms with Crippen LogP contribution in [0.5, 0.6) is 5.88 Å². The molecule has 280 valence electrons. The van der Waals surface area contributed by atoms with E-state index in [2.05, 4.69) is 38.5 Å². The van der Waals surface area contributed by atoms with Crippen molar-refractivity contribution in [3.05, 3.63) is 67.7 Å². The molecule has 12 heteroatoms. The number of amides is 1. The van der Waals surface area contributed by atoms with E-state index in [1.165, 1.54) is 0 Å². The molecule has 2 aromatic carbocycles. The molecule has 1 saturated carbocycles. The highest BCUT2D eigenvalue weighted by Crippen LogP contribution is 2.52. The minimum Gasteiger partial charge on any atom is -0.472 e. The average molecular weight is 852 g/mol. The van der Waals surface area contributed by atoms with Crippen molar-refractivity contribution in [1.82, 2.24) is 19.4 Å². The number of aryl methyl sites for hydroxylation is 2. The molecule has 2 aromatic heterocycles. The van der Waals surface area contributed by atoms with Crippen LogP contribution < -0.4 is 10.2 Å². The van der Waals surface area contributed by atoms with Crippen LogP contribution in [0.1, 0.15) is 88.4 Å². The van der Waals surface area contributed by atoms with Gasteiger partial charge in [-0.05, 0) is 131 Å². The van der Waals surface area contributed by atoms with Crippen molar-refractivity contribution in [2.45, 2.75) is 109 Å². The number of likely N-dealkylation sites (N-methyl/N-ethyl adjacent to an activating group) is 1. The Balaban J connectivity index is 0.00000435. The first-order valence-electron chi connectivity index (χ1n) is 18.5. The molecule has 6 atom stereocenters. The number of aromatic nitrogens is 2. The van der Waals surface area contributed by atoms with E-state index in [0.717, 1.165) is 56.2 Å². The van der Waals surface area contributed by atoms with Gasteiger partial charge in [0.15, 0.2) is 5.82 Å². The van der Waals surface area contributed by atoms with Crippen LogP contribution in [0.2, 0.25) is 0 Å². The van der Waals surface area contributed by atoms with Gasteiger partial charge < -0.3 is 18.9 Å². The Labute approximate surface area is 328 Å². The topological polar surface area (TPSA) is 101 Å². The fourth-order valence-electron chi connectivity index (χ4n) is 9.49. The molecule has 3 aliphatic heterocycles. The fourth-order valence-corrected chi connectivity index (χ4v) is 9.90. The van der Waals surface area contributed by atoms with Gasteiger partial charge in [0.25, 0.3) is 0 Å². The first-order valence-corrected chi connectivity index (χ1v) is 19.3. The molecule has 9 rings (SSSR count). The van der Waals surface area contributed by atoms with Crippen molar-refractivity contribution in [2.75, 3.05) is 20.1 Å². The van der Waals surface area contributed by atoms with Gasteiger partial charge in [0, 0.05) is 35.7 Å². The average Bonchev–Trinajstić information content (AvgIpc) is 3.82. The zero-order chi connectivity index (χ0) is 36.8. The minimum absolute atomic E-state index is 0. The molecule has 2 bridgehead atoms. The van der Waals surface area contributed by atoms with E-state index in [1.807, 2.05) is 58.9 Å². The Morgan fingerprint density at radius 3 is 2.68 bits per heavy atom. The molecule has 9 nitrogen and oxygen atoms in total. The van der Waals surface area contributed by atoms with Gasteiger partial charge in [-0.15, -0.1) is 17.0 Å². The summed E-state index contributed by atoms with van der Waals surface area (Å²) >= 11 is 3.56. The number of hydrogen-bond acceptors (Lipinski definition) is 7. The van der Waals surface area contributed by atoms with Gasteiger partial charge in [0.1, 0.15) is 22.6 Å². The molecular weight excluding hydrogens is 805 g/mol. The fraction of sp³-hybridized carbons (Fsp3) is 0.512. The van der Waals surface area contributed by atoms with Crippen molar-refractivity contribution in [2.24, 2.45) is 5.92 Å². The highest BCUT2D eigenvalue weighted by Gasteiger charge is 2.56. The van der Waals surface area contributed by atoms with E-state index in [9.17, 15) is 14.9 Å². The van der Waals surface area contributed by atoms with Crippen LogP contribution in [-0.2, 0) is 11.2 Å². The zero-order valence-electron chi connectivity index (χ0n) is 31.0. The summed E-state index contributed by atoms with van der Waals surface area (Å²) < 4.78 is 32.4. The summed E-state index contributed by atoms with van der Waals surface area (Å²) in [5.74, 6) is -0.605. The highest BCUT2D eigenvalue weighted by molar-refractivity contribution is 9.10. The Hall–Kier alpha value is -3.53. The molecule has 3 saturated heterocycles. The number of ether oxygens (including phenoxy) is 2. The summed E-state index contributed by atoms with van der Waals surface area (Å²) in [6.07, 6.45) is 6.40. The molecular formula is C41H46Br2FN5O4. The maximum absolute atomic E-state index is 17.5. The van der Waals surface area contributed by atoms with Crippen molar-refractivity contribution < 1.29 is 18.7 Å². The second kappa shape index (κ2) is 14.0. The predicted octanol–water partition coefficient (Wildman–Crippen LogP) is 8.99. The number of fused-ring (bicyclic) bond motifs is 5. The second-order valence-electron chi connectivity index (χ2n) is 16.3. The van der Waals surface area contributed by atoms with E-state index < -0.39 is 11.4 Å². The molecule has 1 unspecified atom stereocenters. The number of halogens is 3. The third-order valence-electron chi connectivity index (χ3n) is 11.8. The summed E-state index contributed by atoms with van der Waals surface area (Å²) in [4.78, 5) is 36.5. The third kappa shape index (κ3) is 6.24. The largest absolute Gasteiger partial charge is 0.472 e. The molecule has 2 aliphatic carbocycles. The lowest BCUT2D eigenvalue weighted by molar-refractivity contribution is 0.0210. The van der Waals surface area contributed by atoms with Crippen molar-refractivity contribution in [3.63, 3.8) is 0 Å². The van der Waals surface area contributed by atoms with E-state index in [-0.39, 0.29) is 81.4 Å². The number of carbonyl (C=O) groups is 1. The smallest absolute Gasteiger partial charge is 0.410 e. The number of likely N-dealkylation sites (tertiary alicyclic amines) is 1. The van der Waals surface area contributed by atoms with E-state index in [4.69, 9.17) is 14.5 Å². The van der Waals surface area contributed by atoms with Crippen LogP contribution in [0.25, 0.3) is 32.9 Å². The quantitative estimate of drug-likeness (QED) is 0.185. The number of carbonyl (C=O) groups excluding carboxylic acids is 1. The Kier molecular flexibility index (Phi) is 9.95. The number of nitrogens with zero attached hydrogens (tertiary/aromatic N) is 5. The van der Waals surface area contributed by atoms with Crippen molar-refractivity contribution in [3.8, 4) is 23.1 Å². The number of nitriles is 1. The second-order valence-corrected chi connectivity index (χ2v) is 17.1. The predicted molar refractivity (Wildman–Crippen MR) is 213 cm³/mol. The SMILES string of the molecule is Br.Cc1cc2c(nc(O[C@@H](C)[C@@H]3CCCN3C)c3c(=O)c(Br)cn([C@H]4[C@@H]5C[C@H]4N(C(=O)OC(C)(C)C)C5)c32)c(F)c1-c1cccc2c1C(C#N)CCC2. The molecule has 53 heavy (non-hydrogen) atoms. The van der Waals surface area contributed by atoms with E-state index in [1.54, 1.807) is 11.1 Å². The van der Waals surface area contributed by atoms with Crippen molar-refractivity contribution >= 4 is 60.8 Å². The zero-order valence-corrected chi connectivity index (χ0v) is 34.3. The standard InChI is InChI=1S/C41H45BrFN5O4.BrH/c1-21-16-27-35(34(43)31(21)26-13-8-11-23-10-7-12-24(18-44)32(23)26)45-39(51-22(2)29-14-9-15-46(29)6)33-37(27)48(20-28(42)38(33)49)36-25-17-30(36)47(19-25)40(50)52-41(3,4)5;/h8,11,13,16,20,22,24-25,29-30,36H,7,9-10,12,14-15,17,19H2,1-6H3;1H/t22-,24?,25+,29-,30+,36-;/m0./s1. The third-order valence-corrected chi connectivity index (χ3v) is 12.4. The molecule has 0 N–H and O–H groups in total. The monoisotopic (exact) mass is 849 g/mol. The molecule has 5 aliphatic rings. The van der Waals surface area contributed by atoms with Gasteiger partial charge >= 0.3 is 6.09 Å². The van der Waals surface area contributed by atoms with Crippen LogP contribution in [0.15, 0.2) is 39.7 Å². The Morgan fingerprint density at radius 2 is 1.98 bits per heavy atom. The lowest BCUT2D eigenvalue weighted by Crippen LogP contribution is -2.44. The number of pyridine rings is 2. The highest BCUT2D eigenvalue weighted by atomic mass is 79.9. The maximum atomic E-state index is 17.5. The van der Waals surface area contributed by atoms with Crippen LogP contribution in [0, 0.1) is 30.0 Å². The number of benzene rings is 2. The summed E-state index contributed by atoms with van der Waals surface area (Å²) in [5, 5.41) is 10.9. The van der Waals surface area contributed by atoms with Gasteiger partial charge in [-0.2, -0.15) is 5.26 Å². The van der Waals surface area contributed by atoms with Crippen LogP contribution in [0.3, 0.4) is 0 Å². The number of rotatable bonds is 5. The number of hydrogen-bond donors (Lipinski definition) is 0. The van der Waals surface area contributed by atoms with E-state index >= 15 is 4.39 Å². The summed E-state index contributed by atoms with van der Waals surface area (Å²) in [6.45, 7) is 10.9. The first kappa shape index (κ1) is 37.8. The van der Waals surface area contributed by atoms with Gasteiger partial charge in [-0.25, -0.2) is 14.2 Å². The van der Waals surface area contributed by atoms with Gasteiger partial charge in [-0.1, -0.05) is 18.2 Å². The van der Waals surface area contributed by atoms with Crippen LogP contribution in [-0.4, -0.2) is 69.4 Å². The van der Waals surface area contributed by atoms with E-state index in [0.29, 0.717) is 38.6 Å². The van der Waals surface area contributed by atoms with Crippen LogP contribution in [0.4, 0.5) is 9.18 Å². The summed E-state index contributed by atoms with van der Waals surface area (Å²) in [6, 6.07) is 10.1. The normalized spacial score (nSPS) is 24.4.